The molecule has 2 aromatic rings. The molecular formula is C14H10N2O2-2. The predicted molar refractivity (Wildman–Crippen MR) is 62.9 cm³/mol. The quantitative estimate of drug-likeness (QED) is 0.789. The molecule has 4 nitrogen and oxygen atoms in total. The highest BCUT2D eigenvalue weighted by Gasteiger charge is 2.06. The second-order valence-corrected chi connectivity index (χ2v) is 3.80. The Balaban J connectivity index is 2.28. The number of anilines is 1. The molecule has 90 valence electrons. The van der Waals surface area contributed by atoms with E-state index >= 15 is 0 Å². The van der Waals surface area contributed by atoms with Gasteiger partial charge in [0.1, 0.15) is 0 Å². The maximum absolute atomic E-state index is 12.0. The van der Waals surface area contributed by atoms with Crippen LogP contribution in [0.25, 0.3) is 0 Å². The second-order valence-electron chi connectivity index (χ2n) is 3.80. The summed E-state index contributed by atoms with van der Waals surface area (Å²) in [5.41, 5.74) is 0.730. The average molecular weight is 238 g/mol. The lowest BCUT2D eigenvalue weighted by Gasteiger charge is -2.50. The molecule has 2 aromatic carbocycles. The maximum Gasteiger partial charge on any atom is 0.0991 e. The summed E-state index contributed by atoms with van der Waals surface area (Å²) >= 11 is 0. The highest BCUT2D eigenvalue weighted by molar-refractivity contribution is 5.46. The van der Waals surface area contributed by atoms with Gasteiger partial charge in [0.15, 0.2) is 0 Å². The molecule has 0 fully saturated rings. The first-order chi connectivity index (χ1) is 8.62. The lowest BCUT2D eigenvalue weighted by Crippen LogP contribution is -2.59. The van der Waals surface area contributed by atoms with Gasteiger partial charge in [-0.05, 0) is 24.3 Å². The van der Waals surface area contributed by atoms with E-state index < -0.39 is 5.91 Å². The van der Waals surface area contributed by atoms with Crippen LogP contribution in [0.4, 0.5) is 5.69 Å². The number of benzene rings is 2. The summed E-state index contributed by atoms with van der Waals surface area (Å²) in [5, 5.41) is 35.0. The summed E-state index contributed by atoms with van der Waals surface area (Å²) in [7, 11) is 0. The van der Waals surface area contributed by atoms with Crippen molar-refractivity contribution < 1.29 is 10.2 Å². The van der Waals surface area contributed by atoms with Crippen LogP contribution in [0.2, 0.25) is 0 Å². The number of hydrogen-bond acceptors (Lipinski definition) is 4. The zero-order valence-corrected chi connectivity index (χ0v) is 9.46. The Morgan fingerprint density at radius 1 is 1.00 bits per heavy atom. The van der Waals surface area contributed by atoms with Crippen molar-refractivity contribution in [3.8, 4) is 6.07 Å². The number of para-hydroxylation sites is 1. The van der Waals surface area contributed by atoms with E-state index in [1.54, 1.807) is 36.4 Å². The van der Waals surface area contributed by atoms with Crippen molar-refractivity contribution in [3.63, 3.8) is 0 Å². The molecule has 0 aliphatic heterocycles. The van der Waals surface area contributed by atoms with Gasteiger partial charge in [-0.25, -0.2) is 0 Å². The summed E-state index contributed by atoms with van der Waals surface area (Å²) in [6.45, 7) is 0. The highest BCUT2D eigenvalue weighted by Crippen LogP contribution is 2.17. The molecule has 4 heteroatoms. The summed E-state index contributed by atoms with van der Waals surface area (Å²) in [6.07, 6.45) is 0. The van der Waals surface area contributed by atoms with Crippen LogP contribution in [0, 0.1) is 11.3 Å². The van der Waals surface area contributed by atoms with E-state index in [0.29, 0.717) is 11.3 Å². The van der Waals surface area contributed by atoms with Crippen LogP contribution < -0.4 is 15.5 Å². The number of hydrogen-bond donors (Lipinski definition) is 1. The largest absolute Gasteiger partial charge is 0.844 e. The Bertz CT molecular complexity index is 574. The van der Waals surface area contributed by atoms with Gasteiger partial charge in [0.05, 0.1) is 11.6 Å². The first-order valence-corrected chi connectivity index (χ1v) is 5.36. The van der Waals surface area contributed by atoms with Crippen molar-refractivity contribution in [1.29, 1.82) is 5.26 Å². The molecule has 0 saturated heterocycles. The molecule has 0 unspecified atom stereocenters. The van der Waals surface area contributed by atoms with Crippen LogP contribution in [0.3, 0.4) is 0 Å². The fourth-order valence-electron chi connectivity index (χ4n) is 1.58. The number of nitrogens with one attached hydrogen (secondary N) is 1. The van der Waals surface area contributed by atoms with E-state index in [-0.39, 0.29) is 5.56 Å². The van der Waals surface area contributed by atoms with Crippen molar-refractivity contribution in [2.24, 2.45) is 0 Å². The smallest absolute Gasteiger partial charge is 0.0991 e. The zero-order valence-electron chi connectivity index (χ0n) is 9.46. The Labute approximate surface area is 105 Å². The van der Waals surface area contributed by atoms with Gasteiger partial charge in [0.2, 0.25) is 0 Å². The Hall–Kier alpha value is -2.35. The molecule has 2 rings (SSSR count). The molecule has 0 atom stereocenters. The minimum atomic E-state index is -2.71. The van der Waals surface area contributed by atoms with Crippen LogP contribution in [0.5, 0.6) is 0 Å². The number of nitriles is 1. The van der Waals surface area contributed by atoms with E-state index in [1.165, 1.54) is 18.2 Å². The SMILES string of the molecule is N#Cc1cccc(C([O-])([O-])Nc2ccccc2)c1. The van der Waals surface area contributed by atoms with Gasteiger partial charge in [-0.1, -0.05) is 35.9 Å². The Kier molecular flexibility index (Phi) is 3.28. The summed E-state index contributed by atoms with van der Waals surface area (Å²) < 4.78 is 0. The van der Waals surface area contributed by atoms with Crippen LogP contribution >= 0.6 is 0 Å². The molecule has 0 aromatic heterocycles. The van der Waals surface area contributed by atoms with Crippen LogP contribution in [-0.2, 0) is 5.91 Å². The first-order valence-electron chi connectivity index (χ1n) is 5.36. The van der Waals surface area contributed by atoms with Gasteiger partial charge in [0.25, 0.3) is 0 Å². The molecule has 0 bridgehead atoms. The van der Waals surface area contributed by atoms with Crippen LogP contribution in [0.1, 0.15) is 11.1 Å². The van der Waals surface area contributed by atoms with Crippen molar-refractivity contribution in [2.45, 2.75) is 5.91 Å². The van der Waals surface area contributed by atoms with Crippen molar-refractivity contribution in [2.75, 3.05) is 5.32 Å². The van der Waals surface area contributed by atoms with Crippen LogP contribution in [0.15, 0.2) is 54.6 Å². The molecule has 0 heterocycles. The fourth-order valence-corrected chi connectivity index (χ4v) is 1.58. The Morgan fingerprint density at radius 2 is 1.72 bits per heavy atom. The van der Waals surface area contributed by atoms with Crippen molar-refractivity contribution in [1.82, 2.24) is 0 Å². The third-order valence-electron chi connectivity index (χ3n) is 2.45. The summed E-state index contributed by atoms with van der Waals surface area (Å²) in [5.74, 6) is -2.71. The molecule has 0 aliphatic carbocycles. The molecule has 0 spiro atoms. The zero-order chi connectivity index (χ0) is 13.0. The van der Waals surface area contributed by atoms with E-state index in [1.807, 2.05) is 6.07 Å². The Morgan fingerprint density at radius 3 is 2.39 bits per heavy atom. The van der Waals surface area contributed by atoms with Gasteiger partial charge in [0, 0.05) is 5.69 Å². The van der Waals surface area contributed by atoms with Gasteiger partial charge < -0.3 is 15.5 Å². The monoisotopic (exact) mass is 238 g/mol. The summed E-state index contributed by atoms with van der Waals surface area (Å²) in [6, 6.07) is 16.2. The maximum atomic E-state index is 12.0. The third-order valence-corrected chi connectivity index (χ3v) is 2.45. The fraction of sp³-hybridized carbons (Fsp3) is 0.0714. The molecule has 0 aliphatic rings. The van der Waals surface area contributed by atoms with Crippen molar-refractivity contribution in [3.05, 3.63) is 65.7 Å². The van der Waals surface area contributed by atoms with E-state index in [4.69, 9.17) is 5.26 Å². The van der Waals surface area contributed by atoms with Crippen molar-refractivity contribution >= 4 is 5.69 Å². The van der Waals surface area contributed by atoms with Gasteiger partial charge in [-0.15, -0.1) is 5.91 Å². The lowest BCUT2D eigenvalue weighted by molar-refractivity contribution is -0.724. The normalized spacial score (nSPS) is 10.7. The van der Waals surface area contributed by atoms with Gasteiger partial charge in [-0.2, -0.15) is 5.26 Å². The molecular weight excluding hydrogens is 228 g/mol. The van der Waals surface area contributed by atoms with E-state index in [2.05, 4.69) is 5.32 Å². The minimum absolute atomic E-state index is 0.00889. The van der Waals surface area contributed by atoms with Gasteiger partial charge >= 0.3 is 0 Å². The second kappa shape index (κ2) is 4.88. The topological polar surface area (TPSA) is 81.9 Å². The first kappa shape index (κ1) is 12.1. The molecule has 1 N–H and O–H groups in total. The molecule has 0 radical (unpaired) electrons. The van der Waals surface area contributed by atoms with E-state index in [0.717, 1.165) is 0 Å². The highest BCUT2D eigenvalue weighted by atomic mass is 16.5. The standard InChI is InChI=1S/C14H10N2O2/c15-10-11-5-4-6-12(9-11)14(17,18)16-13-7-2-1-3-8-13/h1-9,16H/q-2. The molecule has 0 saturated carbocycles. The van der Waals surface area contributed by atoms with E-state index in [9.17, 15) is 10.2 Å². The minimum Gasteiger partial charge on any atom is -0.844 e. The third kappa shape index (κ3) is 2.66. The number of nitrogens with zero attached hydrogens (tertiary/aromatic N) is 1. The van der Waals surface area contributed by atoms with Gasteiger partial charge in [-0.3, -0.25) is 0 Å². The number of rotatable bonds is 3. The molecule has 0 amide bonds. The molecule has 18 heavy (non-hydrogen) atoms. The summed E-state index contributed by atoms with van der Waals surface area (Å²) in [4.78, 5) is 0. The van der Waals surface area contributed by atoms with Crippen LogP contribution in [-0.4, -0.2) is 0 Å². The predicted octanol–water partition coefficient (Wildman–Crippen LogP) is 0.501. The lowest BCUT2D eigenvalue weighted by atomic mass is 10.1. The average Bonchev–Trinajstić information content (AvgIpc) is 2.39.